The number of nitrogens with zero attached hydrogens (tertiary/aromatic N) is 9. The van der Waals surface area contributed by atoms with Gasteiger partial charge in [-0.3, -0.25) is 4.90 Å². The number of anilines is 3. The molecule has 196 valence electrons. The Balaban J connectivity index is 1.32. The van der Waals surface area contributed by atoms with Gasteiger partial charge in [-0.15, -0.1) is 10.2 Å². The molecule has 4 aromatic rings. The number of aromatic nitrogens is 6. The van der Waals surface area contributed by atoms with Crippen molar-refractivity contribution < 1.29 is 17.9 Å². The molecule has 0 unspecified atom stereocenters. The number of pyridine rings is 2. The second kappa shape index (κ2) is 10.1. The summed E-state index contributed by atoms with van der Waals surface area (Å²) in [6.45, 7) is 2.37. The van der Waals surface area contributed by atoms with E-state index in [1.54, 1.807) is 35.2 Å². The normalized spacial score (nSPS) is 14.5. The van der Waals surface area contributed by atoms with Crippen LogP contribution in [0.15, 0.2) is 36.8 Å². The lowest BCUT2D eigenvalue weighted by Gasteiger charge is -2.35. The molecule has 1 saturated heterocycles. The highest BCUT2D eigenvalue weighted by Crippen LogP contribution is 2.31. The summed E-state index contributed by atoms with van der Waals surface area (Å²) in [5.41, 5.74) is 2.79. The molecule has 0 saturated carbocycles. The van der Waals surface area contributed by atoms with E-state index in [2.05, 4.69) is 30.5 Å². The van der Waals surface area contributed by atoms with Gasteiger partial charge < -0.3 is 19.5 Å². The summed E-state index contributed by atoms with van der Waals surface area (Å²) in [4.78, 5) is 16.3. The smallest absolute Gasteiger partial charge is 0.401 e. The van der Waals surface area contributed by atoms with E-state index in [-0.39, 0.29) is 5.69 Å². The zero-order chi connectivity index (χ0) is 26.9. The quantitative estimate of drug-likeness (QED) is 0.401. The SMILES string of the molecule is Cc1cc(C#N)ncc1Oc1cc(Nc2ccc(N3CCN(CC(F)(F)F)CC3)nn2)c2ncn(C)c2n1. The van der Waals surface area contributed by atoms with Gasteiger partial charge in [-0.05, 0) is 30.7 Å². The zero-order valence-electron chi connectivity index (χ0n) is 20.6. The van der Waals surface area contributed by atoms with E-state index in [4.69, 9.17) is 10.00 Å². The molecule has 14 heteroatoms. The predicted molar refractivity (Wildman–Crippen MR) is 132 cm³/mol. The van der Waals surface area contributed by atoms with Gasteiger partial charge in [0, 0.05) is 39.3 Å². The molecule has 1 N–H and O–H groups in total. The van der Waals surface area contributed by atoms with Gasteiger partial charge in [0.05, 0.1) is 24.8 Å². The van der Waals surface area contributed by atoms with Crippen molar-refractivity contribution in [1.82, 2.24) is 34.6 Å². The third kappa shape index (κ3) is 5.57. The highest BCUT2D eigenvalue weighted by Gasteiger charge is 2.32. The first-order chi connectivity index (χ1) is 18.2. The Hall–Kier alpha value is -4.51. The molecule has 1 aliphatic rings. The van der Waals surface area contributed by atoms with E-state index < -0.39 is 12.7 Å². The van der Waals surface area contributed by atoms with Crippen molar-refractivity contribution >= 4 is 28.5 Å². The van der Waals surface area contributed by atoms with E-state index in [9.17, 15) is 13.2 Å². The van der Waals surface area contributed by atoms with Crippen molar-refractivity contribution in [3.8, 4) is 17.7 Å². The molecule has 0 aromatic carbocycles. The van der Waals surface area contributed by atoms with Gasteiger partial charge >= 0.3 is 6.18 Å². The molecular weight excluding hydrogens is 501 g/mol. The number of ether oxygens (including phenoxy) is 1. The summed E-state index contributed by atoms with van der Waals surface area (Å²) < 4.78 is 45.7. The predicted octanol–water partition coefficient (Wildman–Crippen LogP) is 3.55. The first-order valence-electron chi connectivity index (χ1n) is 11.7. The van der Waals surface area contributed by atoms with Gasteiger partial charge in [0.15, 0.2) is 23.0 Å². The highest BCUT2D eigenvalue weighted by atomic mass is 19.4. The van der Waals surface area contributed by atoms with Crippen molar-refractivity contribution in [3.63, 3.8) is 0 Å². The summed E-state index contributed by atoms with van der Waals surface area (Å²) >= 11 is 0. The summed E-state index contributed by atoms with van der Waals surface area (Å²) in [7, 11) is 1.81. The Labute approximate surface area is 215 Å². The topological polar surface area (TPSA) is 121 Å². The fourth-order valence-electron chi connectivity index (χ4n) is 4.13. The van der Waals surface area contributed by atoms with Crippen LogP contribution in [0.3, 0.4) is 0 Å². The minimum Gasteiger partial charge on any atom is -0.437 e. The number of piperazine rings is 1. The Kier molecular flexibility index (Phi) is 6.68. The Morgan fingerprint density at radius 2 is 1.89 bits per heavy atom. The van der Waals surface area contributed by atoms with Gasteiger partial charge in [-0.25, -0.2) is 9.97 Å². The van der Waals surface area contributed by atoms with Crippen LogP contribution >= 0.6 is 0 Å². The first kappa shape index (κ1) is 25.2. The van der Waals surface area contributed by atoms with Gasteiger partial charge in [0.2, 0.25) is 5.88 Å². The Morgan fingerprint density at radius 3 is 2.55 bits per heavy atom. The second-order valence-electron chi connectivity index (χ2n) is 8.86. The van der Waals surface area contributed by atoms with Crippen LogP contribution in [0.5, 0.6) is 11.6 Å². The van der Waals surface area contributed by atoms with Crippen molar-refractivity contribution in [3.05, 3.63) is 48.0 Å². The first-order valence-corrected chi connectivity index (χ1v) is 11.7. The zero-order valence-corrected chi connectivity index (χ0v) is 20.6. The van der Waals surface area contributed by atoms with Crippen LogP contribution in [0, 0.1) is 18.3 Å². The number of imidazole rings is 1. The van der Waals surface area contributed by atoms with Crippen molar-refractivity contribution in [2.24, 2.45) is 7.05 Å². The second-order valence-corrected chi connectivity index (χ2v) is 8.86. The van der Waals surface area contributed by atoms with Gasteiger partial charge in [-0.1, -0.05) is 0 Å². The fraction of sp³-hybridized carbons (Fsp3) is 0.333. The number of fused-ring (bicyclic) bond motifs is 1. The van der Waals surface area contributed by atoms with E-state index in [0.29, 0.717) is 66.3 Å². The third-order valence-corrected chi connectivity index (χ3v) is 6.05. The molecule has 0 bridgehead atoms. The largest absolute Gasteiger partial charge is 0.437 e. The maximum absolute atomic E-state index is 12.6. The van der Waals surface area contributed by atoms with Crippen LogP contribution in [-0.2, 0) is 7.05 Å². The maximum Gasteiger partial charge on any atom is 0.401 e. The molecule has 5 rings (SSSR count). The molecule has 0 spiro atoms. The van der Waals surface area contributed by atoms with Crippen LogP contribution in [0.2, 0.25) is 0 Å². The van der Waals surface area contributed by atoms with E-state index in [0.717, 1.165) is 5.56 Å². The molecule has 0 aliphatic carbocycles. The molecule has 0 radical (unpaired) electrons. The lowest BCUT2D eigenvalue weighted by Crippen LogP contribution is -2.49. The van der Waals surface area contributed by atoms with Crippen LogP contribution < -0.4 is 15.0 Å². The molecule has 4 aromatic heterocycles. The van der Waals surface area contributed by atoms with Crippen LogP contribution in [0.4, 0.5) is 30.5 Å². The molecular formula is C24H23F3N10O. The van der Waals surface area contributed by atoms with Crippen molar-refractivity contribution in [2.75, 3.05) is 42.9 Å². The van der Waals surface area contributed by atoms with Gasteiger partial charge in [0.25, 0.3) is 0 Å². The monoisotopic (exact) mass is 524 g/mol. The van der Waals surface area contributed by atoms with Crippen LogP contribution in [-0.4, -0.2) is 73.5 Å². The number of alkyl halides is 3. The van der Waals surface area contributed by atoms with Crippen molar-refractivity contribution in [1.29, 1.82) is 5.26 Å². The fourth-order valence-corrected chi connectivity index (χ4v) is 4.13. The number of halogens is 3. The molecule has 38 heavy (non-hydrogen) atoms. The number of hydrogen-bond acceptors (Lipinski definition) is 10. The van der Waals surface area contributed by atoms with E-state index in [1.165, 1.54) is 11.1 Å². The summed E-state index contributed by atoms with van der Waals surface area (Å²) in [6, 6.07) is 8.83. The number of nitrogens with one attached hydrogen (secondary N) is 1. The van der Waals surface area contributed by atoms with Crippen LogP contribution in [0.1, 0.15) is 11.3 Å². The maximum atomic E-state index is 12.6. The summed E-state index contributed by atoms with van der Waals surface area (Å²) in [5.74, 6) is 1.79. The van der Waals surface area contributed by atoms with Crippen molar-refractivity contribution in [2.45, 2.75) is 13.1 Å². The number of aryl methyl sites for hydroxylation is 2. The molecule has 11 nitrogen and oxygen atoms in total. The summed E-state index contributed by atoms with van der Waals surface area (Å²) in [5, 5.41) is 20.8. The van der Waals surface area contributed by atoms with E-state index in [1.807, 2.05) is 24.9 Å². The number of hydrogen-bond donors (Lipinski definition) is 1. The third-order valence-electron chi connectivity index (χ3n) is 6.05. The summed E-state index contributed by atoms with van der Waals surface area (Å²) in [6.07, 6.45) is -1.10. The van der Waals surface area contributed by atoms with Gasteiger partial charge in [0.1, 0.15) is 17.3 Å². The minimum absolute atomic E-state index is 0.289. The minimum atomic E-state index is -4.20. The van der Waals surface area contributed by atoms with Crippen LogP contribution in [0.25, 0.3) is 11.2 Å². The average Bonchev–Trinajstić information content (AvgIpc) is 3.26. The lowest BCUT2D eigenvalue weighted by molar-refractivity contribution is -0.146. The van der Waals surface area contributed by atoms with Gasteiger partial charge in [-0.2, -0.15) is 23.4 Å². The Morgan fingerprint density at radius 1 is 1.11 bits per heavy atom. The van der Waals surface area contributed by atoms with E-state index >= 15 is 0 Å². The molecule has 0 atom stereocenters. The highest BCUT2D eigenvalue weighted by molar-refractivity contribution is 5.88. The molecule has 0 amide bonds. The lowest BCUT2D eigenvalue weighted by atomic mass is 10.2. The molecule has 1 fully saturated rings. The standard InChI is InChI=1S/C24H23F3N10O/c1-15-9-16(11-28)29-12-18(15)38-21-10-17(22-23(32-21)35(2)14-30-22)31-19-3-4-20(34-33-19)37-7-5-36(6-8-37)13-24(25,26)27/h3-4,9-10,12,14H,5-8,13H2,1-2H3,(H,31,32,33). The number of nitriles is 1. The molecule has 5 heterocycles. The molecule has 1 aliphatic heterocycles. The number of rotatable bonds is 6. The Bertz CT molecular complexity index is 1490. The average molecular weight is 525 g/mol.